The summed E-state index contributed by atoms with van der Waals surface area (Å²) in [5, 5.41) is 13.5. The third-order valence-corrected chi connectivity index (χ3v) is 6.15. The highest BCUT2D eigenvalue weighted by Crippen LogP contribution is 2.13. The number of aliphatic imine (C=N–C) groups is 1. The molecule has 5 nitrogen and oxygen atoms in total. The van der Waals surface area contributed by atoms with Crippen molar-refractivity contribution in [1.82, 2.24) is 10.2 Å². The Morgan fingerprint density at radius 1 is 1.07 bits per heavy atom. The van der Waals surface area contributed by atoms with Crippen molar-refractivity contribution < 1.29 is 9.90 Å². The van der Waals surface area contributed by atoms with Gasteiger partial charge in [-0.15, -0.1) is 0 Å². The molecule has 0 radical (unpaired) electrons. The van der Waals surface area contributed by atoms with E-state index in [1.807, 2.05) is 18.0 Å². The van der Waals surface area contributed by atoms with Crippen LogP contribution >= 0.6 is 0 Å². The van der Waals surface area contributed by atoms with E-state index in [4.69, 9.17) is 0 Å². The van der Waals surface area contributed by atoms with Gasteiger partial charge in [0, 0.05) is 32.1 Å². The molecule has 2 atom stereocenters. The minimum Gasteiger partial charge on any atom is -0.392 e. The lowest BCUT2D eigenvalue weighted by molar-refractivity contribution is -0.134. The number of rotatable bonds is 18. The number of carbonyl (C=O) groups excluding carboxylic acids is 1. The highest BCUT2D eigenvalue weighted by molar-refractivity contribution is 5.81. The Bertz CT molecular complexity index is 442. The number of unbranched alkanes of at least 4 members (excludes halogenated alkanes) is 11. The van der Waals surface area contributed by atoms with Crippen molar-refractivity contribution >= 4 is 12.1 Å². The number of amides is 1. The highest BCUT2D eigenvalue weighted by atomic mass is 16.3. The van der Waals surface area contributed by atoms with Crippen molar-refractivity contribution in [1.29, 1.82) is 0 Å². The fourth-order valence-corrected chi connectivity index (χ4v) is 4.05. The molecule has 30 heavy (non-hydrogen) atoms. The van der Waals surface area contributed by atoms with Crippen molar-refractivity contribution in [2.75, 3.05) is 32.7 Å². The van der Waals surface area contributed by atoms with Gasteiger partial charge in [0.2, 0.25) is 5.91 Å². The van der Waals surface area contributed by atoms with Gasteiger partial charge in [0.1, 0.15) is 0 Å². The number of nitrogens with zero attached hydrogens (tertiary/aromatic N) is 2. The first-order valence-corrected chi connectivity index (χ1v) is 12.8. The molecule has 1 aliphatic rings. The zero-order chi connectivity index (χ0) is 21.9. The van der Waals surface area contributed by atoms with Crippen molar-refractivity contribution in [3.05, 3.63) is 0 Å². The number of aliphatic hydroxyl groups excluding tert-OH is 1. The third-order valence-electron chi connectivity index (χ3n) is 6.15. The van der Waals surface area contributed by atoms with Gasteiger partial charge in [-0.25, -0.2) is 0 Å². The summed E-state index contributed by atoms with van der Waals surface area (Å²) in [7, 11) is 0. The second-order valence-corrected chi connectivity index (χ2v) is 9.09. The van der Waals surface area contributed by atoms with Gasteiger partial charge in [-0.2, -0.15) is 0 Å². The molecule has 0 saturated carbocycles. The summed E-state index contributed by atoms with van der Waals surface area (Å²) in [4.78, 5) is 18.6. The monoisotopic (exact) mass is 423 g/mol. The molecule has 0 saturated heterocycles. The first-order valence-electron chi connectivity index (χ1n) is 12.8. The van der Waals surface area contributed by atoms with Crippen LogP contribution < -0.4 is 5.32 Å². The topological polar surface area (TPSA) is 64.9 Å². The summed E-state index contributed by atoms with van der Waals surface area (Å²) in [5.74, 6) is 0.241. The molecule has 0 bridgehead atoms. The van der Waals surface area contributed by atoms with E-state index in [-0.39, 0.29) is 17.9 Å². The van der Waals surface area contributed by atoms with Crippen LogP contribution in [0.2, 0.25) is 0 Å². The van der Waals surface area contributed by atoms with Gasteiger partial charge in [-0.3, -0.25) is 9.79 Å². The summed E-state index contributed by atoms with van der Waals surface area (Å²) in [6.07, 6.45) is 19.3. The van der Waals surface area contributed by atoms with Crippen LogP contribution in [-0.4, -0.2) is 61.0 Å². The molecular formula is C25H49N3O2. The van der Waals surface area contributed by atoms with E-state index in [9.17, 15) is 9.90 Å². The quantitative estimate of drug-likeness (QED) is 0.306. The average Bonchev–Trinajstić information content (AvgIpc) is 2.74. The normalized spacial score (nSPS) is 19.5. The van der Waals surface area contributed by atoms with Crippen LogP contribution in [0.1, 0.15) is 104 Å². The molecule has 176 valence electrons. The summed E-state index contributed by atoms with van der Waals surface area (Å²) in [6, 6.07) is 0. The maximum atomic E-state index is 12.4. The maximum Gasteiger partial charge on any atom is 0.225 e. The minimum atomic E-state index is -0.278. The second kappa shape index (κ2) is 18.8. The predicted octanol–water partition coefficient (Wildman–Crippen LogP) is 4.97. The zero-order valence-electron chi connectivity index (χ0n) is 19.9. The van der Waals surface area contributed by atoms with E-state index < -0.39 is 0 Å². The van der Waals surface area contributed by atoms with Gasteiger partial charge in [-0.1, -0.05) is 90.9 Å². The Balaban J connectivity index is 1.91. The molecule has 1 heterocycles. The fraction of sp³-hybridized carbons (Fsp3) is 0.920. The SMILES string of the molecule is CCCCCCCCCCCCCCC(O)CNCCN1CC/N=C\CC(C)C1=O. The molecular weight excluding hydrogens is 374 g/mol. The van der Waals surface area contributed by atoms with Crippen LogP contribution in [0.25, 0.3) is 0 Å². The van der Waals surface area contributed by atoms with Gasteiger partial charge < -0.3 is 15.3 Å². The summed E-state index contributed by atoms with van der Waals surface area (Å²) >= 11 is 0. The van der Waals surface area contributed by atoms with E-state index in [2.05, 4.69) is 17.2 Å². The molecule has 2 unspecified atom stereocenters. The zero-order valence-corrected chi connectivity index (χ0v) is 19.9. The molecule has 1 aliphatic heterocycles. The van der Waals surface area contributed by atoms with E-state index in [1.165, 1.54) is 70.6 Å². The van der Waals surface area contributed by atoms with Crippen LogP contribution in [0.3, 0.4) is 0 Å². The second-order valence-electron chi connectivity index (χ2n) is 9.09. The van der Waals surface area contributed by atoms with Crippen molar-refractivity contribution in [3.63, 3.8) is 0 Å². The lowest BCUT2D eigenvalue weighted by Gasteiger charge is -2.26. The number of hydrogen-bond acceptors (Lipinski definition) is 4. The number of nitrogens with one attached hydrogen (secondary N) is 1. The van der Waals surface area contributed by atoms with Crippen molar-refractivity contribution in [2.45, 2.75) is 110 Å². The summed E-state index contributed by atoms with van der Waals surface area (Å²) in [6.45, 7) is 7.68. The Kier molecular flexibility index (Phi) is 17.0. The van der Waals surface area contributed by atoms with E-state index >= 15 is 0 Å². The van der Waals surface area contributed by atoms with E-state index in [0.29, 0.717) is 26.2 Å². The molecule has 0 aromatic rings. The molecule has 0 aromatic heterocycles. The van der Waals surface area contributed by atoms with Gasteiger partial charge in [-0.05, 0) is 19.1 Å². The molecule has 0 aromatic carbocycles. The average molecular weight is 424 g/mol. The third kappa shape index (κ3) is 14.1. The smallest absolute Gasteiger partial charge is 0.225 e. The molecule has 5 heteroatoms. The Labute approximate surface area is 186 Å². The molecule has 0 spiro atoms. The van der Waals surface area contributed by atoms with Gasteiger partial charge >= 0.3 is 0 Å². The van der Waals surface area contributed by atoms with Crippen molar-refractivity contribution in [2.24, 2.45) is 10.9 Å². The van der Waals surface area contributed by atoms with Crippen LogP contribution in [0.5, 0.6) is 0 Å². The fourth-order valence-electron chi connectivity index (χ4n) is 4.05. The van der Waals surface area contributed by atoms with Crippen LogP contribution in [-0.2, 0) is 4.79 Å². The molecule has 2 N–H and O–H groups in total. The maximum absolute atomic E-state index is 12.4. The van der Waals surface area contributed by atoms with Crippen LogP contribution in [0.15, 0.2) is 4.99 Å². The summed E-state index contributed by atoms with van der Waals surface area (Å²) in [5.41, 5.74) is 0. The van der Waals surface area contributed by atoms with Crippen LogP contribution in [0.4, 0.5) is 0 Å². The molecule has 1 rings (SSSR count). The first kappa shape index (κ1) is 27.1. The van der Waals surface area contributed by atoms with Gasteiger partial charge in [0.15, 0.2) is 0 Å². The van der Waals surface area contributed by atoms with Gasteiger partial charge in [0.25, 0.3) is 0 Å². The number of aliphatic hydroxyl groups is 1. The molecule has 0 aliphatic carbocycles. The number of carbonyl (C=O) groups is 1. The lowest BCUT2D eigenvalue weighted by Crippen LogP contribution is -2.43. The predicted molar refractivity (Wildman–Crippen MR) is 128 cm³/mol. The summed E-state index contributed by atoms with van der Waals surface area (Å²) < 4.78 is 0. The van der Waals surface area contributed by atoms with E-state index in [0.717, 1.165) is 25.8 Å². The van der Waals surface area contributed by atoms with Crippen LogP contribution in [0, 0.1) is 5.92 Å². The van der Waals surface area contributed by atoms with Crippen molar-refractivity contribution in [3.8, 4) is 0 Å². The lowest BCUT2D eigenvalue weighted by atomic mass is 10.0. The number of hydrogen-bond donors (Lipinski definition) is 2. The minimum absolute atomic E-state index is 0.0189. The largest absolute Gasteiger partial charge is 0.392 e. The Morgan fingerprint density at radius 2 is 1.67 bits per heavy atom. The first-order chi connectivity index (χ1) is 14.6. The Hall–Kier alpha value is -0.940. The van der Waals surface area contributed by atoms with Gasteiger partial charge in [0.05, 0.1) is 12.6 Å². The van der Waals surface area contributed by atoms with E-state index in [1.54, 1.807) is 0 Å². The molecule has 1 amide bonds. The standard InChI is InChI=1S/C25H49N3O2/c1-3-4-5-6-7-8-9-10-11-12-13-14-15-24(29)22-27-19-21-28-20-18-26-17-16-23(2)25(28)30/h17,23-24,27,29H,3-16,18-22H2,1-2H3/b26-17-. The highest BCUT2D eigenvalue weighted by Gasteiger charge is 2.20. The molecule has 0 fully saturated rings. The Morgan fingerprint density at radius 3 is 2.30 bits per heavy atom.